The van der Waals surface area contributed by atoms with Crippen molar-refractivity contribution in [1.29, 1.82) is 0 Å². The molecule has 1 amide bonds. The Labute approximate surface area is 192 Å². The number of methoxy groups -OCH3 is 1. The number of carbonyl (C=O) groups excluding carboxylic acids is 1. The standard InChI is InChI=1S/C27H37N3O2/c1-3-4-5-6-7-8-9-12-20-30-25-17-11-10-16-24(25)29-26(30)18-19-28-27(31)22-14-13-15-23(21-22)32-2/h10-11,13-17,21H,3-9,12,18-20H2,1-2H3,(H,28,31). The van der Waals surface area contributed by atoms with Crippen LogP contribution in [0, 0.1) is 0 Å². The van der Waals surface area contributed by atoms with Crippen molar-refractivity contribution in [3.8, 4) is 5.75 Å². The Morgan fingerprint density at radius 2 is 1.72 bits per heavy atom. The fraction of sp³-hybridized carbons (Fsp3) is 0.481. The number of ether oxygens (including phenoxy) is 1. The number of hydrogen-bond acceptors (Lipinski definition) is 3. The SMILES string of the molecule is CCCCCCCCCCn1c(CCNC(=O)c2cccc(OC)c2)nc2ccccc21. The van der Waals surface area contributed by atoms with Gasteiger partial charge < -0.3 is 14.6 Å². The molecule has 172 valence electrons. The summed E-state index contributed by atoms with van der Waals surface area (Å²) in [7, 11) is 1.61. The van der Waals surface area contributed by atoms with Crippen LogP contribution in [0.4, 0.5) is 0 Å². The lowest BCUT2D eigenvalue weighted by Crippen LogP contribution is -2.26. The van der Waals surface area contributed by atoms with E-state index in [0.29, 0.717) is 24.3 Å². The van der Waals surface area contributed by atoms with E-state index in [9.17, 15) is 4.79 Å². The van der Waals surface area contributed by atoms with Gasteiger partial charge in [0.1, 0.15) is 11.6 Å². The van der Waals surface area contributed by atoms with Crippen molar-refractivity contribution in [2.24, 2.45) is 0 Å². The summed E-state index contributed by atoms with van der Waals surface area (Å²) in [4.78, 5) is 17.4. The van der Waals surface area contributed by atoms with Crippen LogP contribution in [-0.2, 0) is 13.0 Å². The maximum atomic E-state index is 12.5. The van der Waals surface area contributed by atoms with Crippen molar-refractivity contribution in [3.05, 3.63) is 59.9 Å². The summed E-state index contributed by atoms with van der Waals surface area (Å²) in [5.74, 6) is 1.64. The fourth-order valence-corrected chi connectivity index (χ4v) is 4.12. The summed E-state index contributed by atoms with van der Waals surface area (Å²) < 4.78 is 7.55. The summed E-state index contributed by atoms with van der Waals surface area (Å²) in [5.41, 5.74) is 2.82. The highest BCUT2D eigenvalue weighted by atomic mass is 16.5. The molecule has 0 atom stereocenters. The Morgan fingerprint density at radius 3 is 2.50 bits per heavy atom. The van der Waals surface area contributed by atoms with Crippen molar-refractivity contribution >= 4 is 16.9 Å². The second-order valence-corrected chi connectivity index (χ2v) is 8.38. The molecular formula is C27H37N3O2. The molecule has 1 aromatic heterocycles. The highest BCUT2D eigenvalue weighted by Crippen LogP contribution is 2.18. The molecule has 5 nitrogen and oxygen atoms in total. The molecule has 2 aromatic carbocycles. The average molecular weight is 436 g/mol. The number of para-hydroxylation sites is 2. The molecule has 0 unspecified atom stereocenters. The van der Waals surface area contributed by atoms with Gasteiger partial charge in [-0.05, 0) is 36.8 Å². The summed E-state index contributed by atoms with van der Waals surface area (Å²) in [6.07, 6.45) is 11.2. The number of benzene rings is 2. The minimum absolute atomic E-state index is 0.0883. The third-order valence-electron chi connectivity index (χ3n) is 5.93. The second-order valence-electron chi connectivity index (χ2n) is 8.38. The number of aromatic nitrogens is 2. The molecule has 0 spiro atoms. The minimum Gasteiger partial charge on any atom is -0.497 e. The first-order valence-electron chi connectivity index (χ1n) is 12.1. The van der Waals surface area contributed by atoms with E-state index >= 15 is 0 Å². The van der Waals surface area contributed by atoms with Crippen LogP contribution in [0.5, 0.6) is 5.75 Å². The molecule has 32 heavy (non-hydrogen) atoms. The van der Waals surface area contributed by atoms with E-state index in [1.807, 2.05) is 18.2 Å². The molecular weight excluding hydrogens is 398 g/mol. The predicted octanol–water partition coefficient (Wildman–Crippen LogP) is 6.16. The lowest BCUT2D eigenvalue weighted by Gasteiger charge is -2.10. The Kier molecular flexibility index (Phi) is 9.60. The van der Waals surface area contributed by atoms with E-state index in [1.54, 1.807) is 19.2 Å². The first kappa shape index (κ1) is 23.8. The van der Waals surface area contributed by atoms with Gasteiger partial charge in [0.25, 0.3) is 5.91 Å². The highest BCUT2D eigenvalue weighted by molar-refractivity contribution is 5.94. The Morgan fingerprint density at radius 1 is 0.969 bits per heavy atom. The third-order valence-corrected chi connectivity index (χ3v) is 5.93. The molecule has 0 aliphatic heterocycles. The number of imidazole rings is 1. The minimum atomic E-state index is -0.0883. The molecule has 1 heterocycles. The van der Waals surface area contributed by atoms with E-state index in [1.165, 1.54) is 50.5 Å². The number of carbonyl (C=O) groups is 1. The van der Waals surface area contributed by atoms with Crippen LogP contribution in [-0.4, -0.2) is 29.1 Å². The first-order valence-corrected chi connectivity index (χ1v) is 12.1. The van der Waals surface area contributed by atoms with Crippen molar-refractivity contribution in [2.45, 2.75) is 71.3 Å². The van der Waals surface area contributed by atoms with E-state index in [-0.39, 0.29) is 5.91 Å². The van der Waals surface area contributed by atoms with Crippen molar-refractivity contribution < 1.29 is 9.53 Å². The molecule has 0 saturated heterocycles. The van der Waals surface area contributed by atoms with Crippen molar-refractivity contribution in [2.75, 3.05) is 13.7 Å². The number of amides is 1. The average Bonchev–Trinajstić information content (AvgIpc) is 3.18. The maximum absolute atomic E-state index is 12.5. The van der Waals surface area contributed by atoms with Crippen LogP contribution in [0.2, 0.25) is 0 Å². The van der Waals surface area contributed by atoms with Crippen LogP contribution >= 0.6 is 0 Å². The summed E-state index contributed by atoms with van der Waals surface area (Å²) in [6, 6.07) is 15.5. The number of rotatable bonds is 14. The number of unbranched alkanes of at least 4 members (excludes halogenated alkanes) is 7. The van der Waals surface area contributed by atoms with Gasteiger partial charge in [-0.15, -0.1) is 0 Å². The molecule has 0 fully saturated rings. The number of hydrogen-bond donors (Lipinski definition) is 1. The molecule has 0 saturated carbocycles. The summed E-state index contributed by atoms with van der Waals surface area (Å²) in [5, 5.41) is 3.02. The molecule has 3 aromatic rings. The molecule has 0 bridgehead atoms. The van der Waals surface area contributed by atoms with Crippen LogP contribution in [0.25, 0.3) is 11.0 Å². The zero-order valence-corrected chi connectivity index (χ0v) is 19.6. The zero-order valence-electron chi connectivity index (χ0n) is 19.6. The van der Waals surface area contributed by atoms with Gasteiger partial charge in [-0.1, -0.05) is 70.1 Å². The zero-order chi connectivity index (χ0) is 22.6. The number of nitrogens with zero attached hydrogens (tertiary/aromatic N) is 2. The van der Waals surface area contributed by atoms with Crippen LogP contribution in [0.15, 0.2) is 48.5 Å². The van der Waals surface area contributed by atoms with Crippen LogP contribution < -0.4 is 10.1 Å². The van der Waals surface area contributed by atoms with Gasteiger partial charge in [0.05, 0.1) is 18.1 Å². The van der Waals surface area contributed by atoms with E-state index in [4.69, 9.17) is 9.72 Å². The molecule has 3 rings (SSSR count). The predicted molar refractivity (Wildman–Crippen MR) is 131 cm³/mol. The molecule has 0 radical (unpaired) electrons. The Hall–Kier alpha value is -2.82. The Balaban J connectivity index is 1.53. The van der Waals surface area contributed by atoms with Crippen molar-refractivity contribution in [1.82, 2.24) is 14.9 Å². The number of aryl methyl sites for hydroxylation is 1. The molecule has 0 aliphatic carbocycles. The quantitative estimate of drug-likeness (QED) is 0.309. The second kappa shape index (κ2) is 12.9. The summed E-state index contributed by atoms with van der Waals surface area (Å²) in [6.45, 7) is 3.79. The normalized spacial score (nSPS) is 11.1. The van der Waals surface area contributed by atoms with Gasteiger partial charge in [-0.2, -0.15) is 0 Å². The van der Waals surface area contributed by atoms with Crippen LogP contribution in [0.3, 0.4) is 0 Å². The van der Waals surface area contributed by atoms with Gasteiger partial charge in [0.2, 0.25) is 0 Å². The molecule has 0 aliphatic rings. The number of fused-ring (bicyclic) bond motifs is 1. The molecule has 1 N–H and O–H groups in total. The monoisotopic (exact) mass is 435 g/mol. The number of nitrogens with one attached hydrogen (secondary N) is 1. The highest BCUT2D eigenvalue weighted by Gasteiger charge is 2.11. The van der Waals surface area contributed by atoms with Crippen LogP contribution in [0.1, 0.15) is 74.5 Å². The van der Waals surface area contributed by atoms with E-state index < -0.39 is 0 Å². The maximum Gasteiger partial charge on any atom is 0.251 e. The van der Waals surface area contributed by atoms with Gasteiger partial charge in [-0.25, -0.2) is 4.98 Å². The van der Waals surface area contributed by atoms with Gasteiger partial charge in [0, 0.05) is 25.1 Å². The largest absolute Gasteiger partial charge is 0.497 e. The van der Waals surface area contributed by atoms with Crippen molar-refractivity contribution in [3.63, 3.8) is 0 Å². The van der Waals surface area contributed by atoms with Gasteiger partial charge in [0.15, 0.2) is 0 Å². The lowest BCUT2D eigenvalue weighted by molar-refractivity contribution is 0.0953. The fourth-order valence-electron chi connectivity index (χ4n) is 4.12. The lowest BCUT2D eigenvalue weighted by atomic mass is 10.1. The summed E-state index contributed by atoms with van der Waals surface area (Å²) >= 11 is 0. The van der Waals surface area contributed by atoms with E-state index in [0.717, 1.165) is 24.3 Å². The third kappa shape index (κ3) is 6.84. The van der Waals surface area contributed by atoms with Gasteiger partial charge >= 0.3 is 0 Å². The van der Waals surface area contributed by atoms with Gasteiger partial charge in [-0.3, -0.25) is 4.79 Å². The Bertz CT molecular complexity index is 980. The molecule has 5 heteroatoms. The smallest absolute Gasteiger partial charge is 0.251 e. The topological polar surface area (TPSA) is 56.2 Å². The first-order chi connectivity index (χ1) is 15.7. The van der Waals surface area contributed by atoms with E-state index in [2.05, 4.69) is 35.0 Å².